The van der Waals surface area contributed by atoms with Crippen LogP contribution < -0.4 is 14.8 Å². The molecule has 1 amide bonds. The number of carbonyl (C=O) groups excluding carboxylic acids is 1. The van der Waals surface area contributed by atoms with Crippen molar-refractivity contribution in [1.82, 2.24) is 10.2 Å². The Bertz CT molecular complexity index is 820. The van der Waals surface area contributed by atoms with Crippen LogP contribution in [0, 0.1) is 0 Å². The number of nitrogens with zero attached hydrogens (tertiary/aromatic N) is 1. The Morgan fingerprint density at radius 2 is 1.93 bits per heavy atom. The van der Waals surface area contributed by atoms with Gasteiger partial charge >= 0.3 is 0 Å². The second kappa shape index (κ2) is 9.42. The molecule has 3 rings (SSSR count). The predicted molar refractivity (Wildman–Crippen MR) is 111 cm³/mol. The number of carbonyl (C=O) groups is 1. The summed E-state index contributed by atoms with van der Waals surface area (Å²) in [6, 6.07) is 14.0. The fourth-order valence-electron chi connectivity index (χ4n) is 3.76. The van der Waals surface area contributed by atoms with Gasteiger partial charge in [0.05, 0.1) is 26.7 Å². The van der Waals surface area contributed by atoms with E-state index in [1.165, 1.54) is 11.1 Å². The van der Waals surface area contributed by atoms with Crippen LogP contribution >= 0.6 is 0 Å². The lowest BCUT2D eigenvalue weighted by atomic mass is 9.91. The highest BCUT2D eigenvalue weighted by atomic mass is 16.5. The van der Waals surface area contributed by atoms with Crippen molar-refractivity contribution in [3.63, 3.8) is 0 Å². The van der Waals surface area contributed by atoms with E-state index in [1.807, 2.05) is 42.5 Å². The minimum Gasteiger partial charge on any atom is -0.493 e. The van der Waals surface area contributed by atoms with Crippen molar-refractivity contribution in [2.24, 2.45) is 0 Å². The molecule has 0 bridgehead atoms. The van der Waals surface area contributed by atoms with E-state index < -0.39 is 0 Å². The molecule has 1 N–H and O–H groups in total. The highest BCUT2D eigenvalue weighted by molar-refractivity contribution is 5.78. The molecule has 148 valence electrons. The molecule has 0 radical (unpaired) electrons. The summed E-state index contributed by atoms with van der Waals surface area (Å²) in [4.78, 5) is 14.8. The van der Waals surface area contributed by atoms with Crippen molar-refractivity contribution in [2.45, 2.75) is 18.9 Å². The van der Waals surface area contributed by atoms with Crippen molar-refractivity contribution in [2.75, 3.05) is 33.9 Å². The van der Waals surface area contributed by atoms with Gasteiger partial charge in [0, 0.05) is 19.6 Å². The maximum atomic E-state index is 12.5. The van der Waals surface area contributed by atoms with E-state index in [4.69, 9.17) is 9.47 Å². The van der Waals surface area contributed by atoms with Gasteiger partial charge in [-0.05, 0) is 35.2 Å². The number of methoxy groups -OCH3 is 2. The van der Waals surface area contributed by atoms with Gasteiger partial charge in [-0.3, -0.25) is 9.69 Å². The zero-order chi connectivity index (χ0) is 19.9. The number of amides is 1. The van der Waals surface area contributed by atoms with Crippen molar-refractivity contribution in [3.8, 4) is 11.5 Å². The lowest BCUT2D eigenvalue weighted by Crippen LogP contribution is -2.42. The standard InChI is InChI=1S/C23H28N2O3/c1-4-11-25-12-10-18-14-21(27-2)22(28-3)15-19(18)20(25)16-24-23(26)13-17-8-6-5-7-9-17/h4-9,14-15,20H,1,10-13,16H2,2-3H3,(H,24,26). The molecule has 1 aliphatic rings. The number of fused-ring (bicyclic) bond motifs is 1. The van der Waals surface area contributed by atoms with Gasteiger partial charge in [-0.1, -0.05) is 36.4 Å². The van der Waals surface area contributed by atoms with Crippen molar-refractivity contribution >= 4 is 5.91 Å². The maximum Gasteiger partial charge on any atom is 0.224 e. The average Bonchev–Trinajstić information content (AvgIpc) is 2.72. The summed E-state index contributed by atoms with van der Waals surface area (Å²) in [5, 5.41) is 3.11. The number of benzene rings is 2. The third-order valence-corrected chi connectivity index (χ3v) is 5.18. The fraction of sp³-hybridized carbons (Fsp3) is 0.348. The summed E-state index contributed by atoms with van der Waals surface area (Å²) >= 11 is 0. The normalized spacial score (nSPS) is 16.1. The molecule has 0 aromatic heterocycles. The monoisotopic (exact) mass is 380 g/mol. The van der Waals surface area contributed by atoms with Gasteiger partial charge in [-0.25, -0.2) is 0 Å². The molecule has 0 saturated carbocycles. The number of hydrogen-bond acceptors (Lipinski definition) is 4. The number of nitrogens with one attached hydrogen (secondary N) is 1. The highest BCUT2D eigenvalue weighted by Gasteiger charge is 2.28. The van der Waals surface area contributed by atoms with Gasteiger partial charge in [0.25, 0.3) is 0 Å². The van der Waals surface area contributed by atoms with Crippen molar-refractivity contribution in [3.05, 3.63) is 71.8 Å². The molecule has 0 spiro atoms. The van der Waals surface area contributed by atoms with Crippen LogP contribution in [0.15, 0.2) is 55.1 Å². The first-order valence-electron chi connectivity index (χ1n) is 9.56. The van der Waals surface area contributed by atoms with Crippen LogP contribution in [0.25, 0.3) is 0 Å². The molecule has 1 unspecified atom stereocenters. The van der Waals surface area contributed by atoms with Gasteiger partial charge in [-0.2, -0.15) is 0 Å². The molecule has 2 aromatic carbocycles. The van der Waals surface area contributed by atoms with Crippen LogP contribution in [0.3, 0.4) is 0 Å². The fourth-order valence-corrected chi connectivity index (χ4v) is 3.76. The molecule has 0 aliphatic carbocycles. The zero-order valence-corrected chi connectivity index (χ0v) is 16.6. The Kier molecular flexibility index (Phi) is 6.71. The van der Waals surface area contributed by atoms with E-state index in [0.29, 0.717) is 18.7 Å². The third-order valence-electron chi connectivity index (χ3n) is 5.18. The minimum absolute atomic E-state index is 0.0253. The Morgan fingerprint density at radius 3 is 2.61 bits per heavy atom. The van der Waals surface area contributed by atoms with E-state index in [0.717, 1.165) is 30.8 Å². The summed E-state index contributed by atoms with van der Waals surface area (Å²) in [5.41, 5.74) is 3.42. The van der Waals surface area contributed by atoms with Gasteiger partial charge in [0.1, 0.15) is 0 Å². The van der Waals surface area contributed by atoms with Crippen LogP contribution in [0.5, 0.6) is 11.5 Å². The zero-order valence-electron chi connectivity index (χ0n) is 16.6. The van der Waals surface area contributed by atoms with E-state index in [-0.39, 0.29) is 11.9 Å². The van der Waals surface area contributed by atoms with Crippen LogP contribution in [0.4, 0.5) is 0 Å². The van der Waals surface area contributed by atoms with Crippen LogP contribution in [-0.4, -0.2) is 44.7 Å². The summed E-state index contributed by atoms with van der Waals surface area (Å²) in [6.07, 6.45) is 3.22. The summed E-state index contributed by atoms with van der Waals surface area (Å²) < 4.78 is 11.0. The van der Waals surface area contributed by atoms with Gasteiger partial charge in [0.2, 0.25) is 5.91 Å². The smallest absolute Gasteiger partial charge is 0.224 e. The van der Waals surface area contributed by atoms with Crippen molar-refractivity contribution in [1.29, 1.82) is 0 Å². The average molecular weight is 380 g/mol. The Labute approximate surface area is 167 Å². The largest absolute Gasteiger partial charge is 0.493 e. The number of ether oxygens (including phenoxy) is 2. The molecule has 1 aliphatic heterocycles. The lowest BCUT2D eigenvalue weighted by Gasteiger charge is -2.37. The minimum atomic E-state index is 0.0253. The first-order chi connectivity index (χ1) is 13.7. The quantitative estimate of drug-likeness (QED) is 0.715. The van der Waals surface area contributed by atoms with Crippen LogP contribution in [0.1, 0.15) is 22.7 Å². The predicted octanol–water partition coefficient (Wildman–Crippen LogP) is 3.15. The molecule has 1 heterocycles. The van der Waals surface area contributed by atoms with Gasteiger partial charge in [0.15, 0.2) is 11.5 Å². The Morgan fingerprint density at radius 1 is 1.21 bits per heavy atom. The first-order valence-corrected chi connectivity index (χ1v) is 9.56. The molecular weight excluding hydrogens is 352 g/mol. The van der Waals surface area contributed by atoms with E-state index in [1.54, 1.807) is 14.2 Å². The molecule has 2 aromatic rings. The molecule has 5 heteroatoms. The molecule has 0 fully saturated rings. The molecule has 0 saturated heterocycles. The van der Waals surface area contributed by atoms with E-state index >= 15 is 0 Å². The molecule has 5 nitrogen and oxygen atoms in total. The van der Waals surface area contributed by atoms with E-state index in [2.05, 4.69) is 22.9 Å². The Hall–Kier alpha value is -2.79. The van der Waals surface area contributed by atoms with Crippen LogP contribution in [-0.2, 0) is 17.6 Å². The van der Waals surface area contributed by atoms with Crippen molar-refractivity contribution < 1.29 is 14.3 Å². The molecule has 1 atom stereocenters. The lowest BCUT2D eigenvalue weighted by molar-refractivity contribution is -0.120. The number of hydrogen-bond donors (Lipinski definition) is 1. The first kappa shape index (κ1) is 20.0. The van der Waals surface area contributed by atoms with E-state index in [9.17, 15) is 4.79 Å². The summed E-state index contributed by atoms with van der Waals surface area (Å²) in [5.74, 6) is 1.48. The summed E-state index contributed by atoms with van der Waals surface area (Å²) in [6.45, 7) is 6.11. The summed E-state index contributed by atoms with van der Waals surface area (Å²) in [7, 11) is 3.30. The second-order valence-corrected chi connectivity index (χ2v) is 6.92. The second-order valence-electron chi connectivity index (χ2n) is 6.92. The highest BCUT2D eigenvalue weighted by Crippen LogP contribution is 2.37. The Balaban J connectivity index is 1.78. The molecule has 28 heavy (non-hydrogen) atoms. The van der Waals surface area contributed by atoms with Gasteiger partial charge in [-0.15, -0.1) is 6.58 Å². The molecular formula is C23H28N2O3. The topological polar surface area (TPSA) is 50.8 Å². The van der Waals surface area contributed by atoms with Gasteiger partial charge < -0.3 is 14.8 Å². The SMILES string of the molecule is C=CCN1CCc2cc(OC)c(OC)cc2C1CNC(=O)Cc1ccccc1. The number of rotatable bonds is 8. The van der Waals surface area contributed by atoms with Crippen LogP contribution in [0.2, 0.25) is 0 Å². The maximum absolute atomic E-state index is 12.5. The third kappa shape index (κ3) is 4.54.